The lowest BCUT2D eigenvalue weighted by atomic mass is 9.98. The highest BCUT2D eigenvalue weighted by atomic mass is 33.1. The van der Waals surface area contributed by atoms with Gasteiger partial charge in [0.25, 0.3) is 0 Å². The van der Waals surface area contributed by atoms with Crippen LogP contribution >= 0.6 is 21.6 Å². The second-order valence-corrected chi connectivity index (χ2v) is 12.4. The summed E-state index contributed by atoms with van der Waals surface area (Å²) in [5, 5.41) is 13.7. The molecule has 2 aliphatic heterocycles. The molecule has 0 aromatic carbocycles. The van der Waals surface area contributed by atoms with Crippen LogP contribution < -0.4 is 26.6 Å². The van der Waals surface area contributed by atoms with E-state index in [1.165, 1.54) is 21.6 Å². The zero-order valence-electron chi connectivity index (χ0n) is 20.6. The number of nitrogens with one attached hydrogen (secondary N) is 5. The topological polar surface area (TPSA) is 146 Å². The second-order valence-electron chi connectivity index (χ2n) is 9.84. The molecule has 0 radical (unpaired) electrons. The molecule has 5 atom stereocenters. The van der Waals surface area contributed by atoms with Crippen molar-refractivity contribution in [1.29, 1.82) is 0 Å². The first-order chi connectivity index (χ1) is 15.9. The quantitative estimate of drug-likeness (QED) is 0.336. The van der Waals surface area contributed by atoms with E-state index in [0.717, 1.165) is 0 Å². The molecule has 0 aromatic heterocycles. The maximum Gasteiger partial charge on any atom is 0.244 e. The van der Waals surface area contributed by atoms with Crippen molar-refractivity contribution >= 4 is 51.1 Å². The van der Waals surface area contributed by atoms with Gasteiger partial charge in [0.15, 0.2) is 0 Å². The van der Waals surface area contributed by atoms with Gasteiger partial charge in [-0.25, -0.2) is 0 Å². The van der Waals surface area contributed by atoms with Gasteiger partial charge in [-0.2, -0.15) is 0 Å². The molecule has 5 N–H and O–H groups in total. The zero-order valence-corrected chi connectivity index (χ0v) is 22.2. The first-order valence-electron chi connectivity index (χ1n) is 11.7. The minimum Gasteiger partial charge on any atom is -0.343 e. The molecule has 0 saturated carbocycles. The molecular weight excluding hydrogens is 478 g/mol. The standard InChI is InChI=1S/C22H37N5O5S2/c1-10(2)7-13-18(28)26-17(12(5)6)22(32)25-14-8-33-34-9-15(24-19(14)29)20(30)27-16(11(3)4)21(31)23-13/h10-17H,7-9H2,1-6H3,(H,23,31)(H,24,29)(H,25,32)(H,26,28)(H,27,30)/t13-,14-,15-,16+,17+/m0/s1. The Labute approximate surface area is 209 Å². The van der Waals surface area contributed by atoms with Crippen molar-refractivity contribution in [2.24, 2.45) is 17.8 Å². The summed E-state index contributed by atoms with van der Waals surface area (Å²) in [6.45, 7) is 11.0. The molecule has 2 heterocycles. The van der Waals surface area contributed by atoms with Crippen molar-refractivity contribution < 1.29 is 24.0 Å². The molecule has 0 spiro atoms. The third kappa shape index (κ3) is 7.79. The van der Waals surface area contributed by atoms with Gasteiger partial charge >= 0.3 is 0 Å². The number of fused-ring (bicyclic) bond motifs is 3. The number of hydrogen-bond donors (Lipinski definition) is 5. The van der Waals surface area contributed by atoms with E-state index in [4.69, 9.17) is 0 Å². The Morgan fingerprint density at radius 2 is 1.03 bits per heavy atom. The molecule has 2 fully saturated rings. The molecule has 34 heavy (non-hydrogen) atoms. The lowest BCUT2D eigenvalue weighted by molar-refractivity contribution is -0.135. The molecule has 10 nitrogen and oxygen atoms in total. The van der Waals surface area contributed by atoms with E-state index in [-0.39, 0.29) is 17.8 Å². The highest BCUT2D eigenvalue weighted by Crippen LogP contribution is 2.25. The van der Waals surface area contributed by atoms with Crippen molar-refractivity contribution in [1.82, 2.24) is 26.6 Å². The van der Waals surface area contributed by atoms with Gasteiger partial charge in [-0.3, -0.25) is 24.0 Å². The van der Waals surface area contributed by atoms with E-state index in [1.54, 1.807) is 27.7 Å². The molecule has 12 heteroatoms. The number of carbonyl (C=O) groups is 5. The van der Waals surface area contributed by atoms with Crippen LogP contribution in [0.25, 0.3) is 0 Å². The Bertz CT molecular complexity index is 786. The molecule has 5 amide bonds. The third-order valence-corrected chi connectivity index (χ3v) is 8.07. The van der Waals surface area contributed by atoms with E-state index in [9.17, 15) is 24.0 Å². The van der Waals surface area contributed by atoms with Crippen molar-refractivity contribution in [3.63, 3.8) is 0 Å². The van der Waals surface area contributed by atoms with Crippen LogP contribution in [0.4, 0.5) is 0 Å². The zero-order chi connectivity index (χ0) is 25.6. The molecule has 0 unspecified atom stereocenters. The summed E-state index contributed by atoms with van der Waals surface area (Å²) < 4.78 is 0. The lowest BCUT2D eigenvalue weighted by Crippen LogP contribution is -2.60. The highest BCUT2D eigenvalue weighted by Gasteiger charge is 2.37. The van der Waals surface area contributed by atoms with Gasteiger partial charge < -0.3 is 26.6 Å². The van der Waals surface area contributed by atoms with E-state index in [0.29, 0.717) is 17.9 Å². The molecule has 2 aliphatic rings. The Hall–Kier alpha value is -1.95. The van der Waals surface area contributed by atoms with Crippen molar-refractivity contribution in [2.75, 3.05) is 11.5 Å². The van der Waals surface area contributed by atoms with Crippen LogP contribution in [0.2, 0.25) is 0 Å². The summed E-state index contributed by atoms with van der Waals surface area (Å²) >= 11 is 0. The second kappa shape index (κ2) is 12.7. The van der Waals surface area contributed by atoms with Crippen LogP contribution in [-0.2, 0) is 24.0 Å². The fourth-order valence-corrected chi connectivity index (χ4v) is 6.00. The molecular formula is C22H37N5O5S2. The average Bonchev–Trinajstić information content (AvgIpc) is 2.72. The smallest absolute Gasteiger partial charge is 0.244 e. The maximum absolute atomic E-state index is 13.2. The summed E-state index contributed by atoms with van der Waals surface area (Å²) in [7, 11) is 2.79. The van der Waals surface area contributed by atoms with Gasteiger partial charge in [0.05, 0.1) is 0 Å². The lowest BCUT2D eigenvalue weighted by Gasteiger charge is -2.28. The van der Waals surface area contributed by atoms with Crippen molar-refractivity contribution in [2.45, 2.75) is 78.2 Å². The molecule has 0 aromatic rings. The van der Waals surface area contributed by atoms with Crippen LogP contribution in [0.3, 0.4) is 0 Å². The Kier molecular flexibility index (Phi) is 10.5. The Morgan fingerprint density at radius 1 is 0.618 bits per heavy atom. The monoisotopic (exact) mass is 515 g/mol. The summed E-state index contributed by atoms with van der Waals surface area (Å²) in [5.74, 6) is -2.19. The number of amides is 5. The Morgan fingerprint density at radius 3 is 1.50 bits per heavy atom. The van der Waals surface area contributed by atoms with Crippen LogP contribution in [-0.4, -0.2) is 71.3 Å². The van der Waals surface area contributed by atoms with Gasteiger partial charge in [0.2, 0.25) is 29.5 Å². The molecule has 2 rings (SSSR count). The van der Waals surface area contributed by atoms with Gasteiger partial charge in [0.1, 0.15) is 30.2 Å². The third-order valence-electron chi connectivity index (χ3n) is 5.65. The van der Waals surface area contributed by atoms with E-state index in [2.05, 4.69) is 26.6 Å². The van der Waals surface area contributed by atoms with Crippen molar-refractivity contribution in [3.05, 3.63) is 0 Å². The van der Waals surface area contributed by atoms with E-state index >= 15 is 0 Å². The fraction of sp³-hybridized carbons (Fsp3) is 0.773. The fourth-order valence-electron chi connectivity index (χ4n) is 3.67. The first kappa shape index (κ1) is 28.3. The maximum atomic E-state index is 13.2. The largest absolute Gasteiger partial charge is 0.343 e. The number of hydrogen-bond acceptors (Lipinski definition) is 7. The van der Waals surface area contributed by atoms with Crippen LogP contribution in [0, 0.1) is 17.8 Å². The minimum absolute atomic E-state index is 0.0929. The summed E-state index contributed by atoms with van der Waals surface area (Å²) in [6, 6.07) is -4.39. The Balaban J connectivity index is 2.47. The normalized spacial score (nSPS) is 29.9. The summed E-state index contributed by atoms with van der Waals surface area (Å²) in [5.41, 5.74) is 0. The number of carbonyl (C=O) groups excluding carboxylic acids is 5. The van der Waals surface area contributed by atoms with Crippen LogP contribution in [0.15, 0.2) is 0 Å². The van der Waals surface area contributed by atoms with Crippen LogP contribution in [0.1, 0.15) is 48.0 Å². The van der Waals surface area contributed by atoms with Crippen LogP contribution in [0.5, 0.6) is 0 Å². The van der Waals surface area contributed by atoms with Gasteiger partial charge in [0, 0.05) is 11.5 Å². The van der Waals surface area contributed by atoms with Gasteiger partial charge in [-0.1, -0.05) is 63.1 Å². The van der Waals surface area contributed by atoms with Gasteiger partial charge in [-0.15, -0.1) is 0 Å². The van der Waals surface area contributed by atoms with Crippen molar-refractivity contribution in [3.8, 4) is 0 Å². The molecule has 0 aliphatic carbocycles. The molecule has 192 valence electrons. The van der Waals surface area contributed by atoms with E-state index in [1.807, 2.05) is 13.8 Å². The molecule has 2 bridgehead atoms. The highest BCUT2D eigenvalue weighted by molar-refractivity contribution is 8.76. The van der Waals surface area contributed by atoms with Gasteiger partial charge in [-0.05, 0) is 24.2 Å². The number of rotatable bonds is 4. The SMILES string of the molecule is CC(C)C[C@@H]1NC(=O)[C@@H](C(C)C)NC(=O)[C@@H]2CSSC[C@H](NC(=O)[C@@H](C(C)C)NC1=O)C(=O)N2. The predicted molar refractivity (Wildman–Crippen MR) is 134 cm³/mol. The predicted octanol–water partition coefficient (Wildman–Crippen LogP) is 0.177. The first-order valence-corrected chi connectivity index (χ1v) is 14.2. The summed E-state index contributed by atoms with van der Waals surface area (Å²) in [6.07, 6.45) is 0.362. The van der Waals surface area contributed by atoms with E-state index < -0.39 is 59.7 Å². The average molecular weight is 516 g/mol. The summed E-state index contributed by atoms with van der Waals surface area (Å²) in [4.78, 5) is 65.3. The molecule has 2 saturated heterocycles. The minimum atomic E-state index is -0.892.